The van der Waals surface area contributed by atoms with Crippen molar-refractivity contribution < 1.29 is 13.5 Å². The van der Waals surface area contributed by atoms with Crippen molar-refractivity contribution in [2.45, 2.75) is 37.5 Å². The summed E-state index contributed by atoms with van der Waals surface area (Å²) in [5.41, 5.74) is 0.564. The highest BCUT2D eigenvalue weighted by molar-refractivity contribution is 7.89. The minimum absolute atomic E-state index is 0.128. The van der Waals surface area contributed by atoms with Gasteiger partial charge in [-0.3, -0.25) is 0 Å². The molecule has 0 radical (unpaired) electrons. The van der Waals surface area contributed by atoms with E-state index in [0.717, 1.165) is 25.7 Å². The van der Waals surface area contributed by atoms with Crippen molar-refractivity contribution in [3.63, 3.8) is 0 Å². The first kappa shape index (κ1) is 16.7. The molecular formula is C15H22ClNO3S. The molecule has 118 valence electrons. The number of aliphatic hydroxyl groups excluding tert-OH is 1. The first-order valence-electron chi connectivity index (χ1n) is 7.31. The van der Waals surface area contributed by atoms with Gasteiger partial charge < -0.3 is 5.11 Å². The highest BCUT2D eigenvalue weighted by atomic mass is 35.5. The maximum atomic E-state index is 12.4. The SMILES string of the molecule is Cc1c(Cl)cccc1S(=O)(=O)NCC1CCCCC1CO. The Labute approximate surface area is 131 Å². The Kier molecular flexibility index (Phi) is 5.66. The van der Waals surface area contributed by atoms with E-state index in [0.29, 0.717) is 17.1 Å². The highest BCUT2D eigenvalue weighted by Crippen LogP contribution is 2.30. The normalized spacial score (nSPS) is 23.2. The molecule has 21 heavy (non-hydrogen) atoms. The van der Waals surface area contributed by atoms with Gasteiger partial charge in [0.1, 0.15) is 0 Å². The lowest BCUT2D eigenvalue weighted by atomic mass is 9.80. The summed E-state index contributed by atoms with van der Waals surface area (Å²) in [4.78, 5) is 0.228. The Hall–Kier alpha value is -0.620. The molecule has 0 spiro atoms. The topological polar surface area (TPSA) is 66.4 Å². The second-order valence-electron chi connectivity index (χ2n) is 5.70. The first-order valence-corrected chi connectivity index (χ1v) is 9.17. The number of halogens is 1. The summed E-state index contributed by atoms with van der Waals surface area (Å²) >= 11 is 5.99. The van der Waals surface area contributed by atoms with E-state index >= 15 is 0 Å². The summed E-state index contributed by atoms with van der Waals surface area (Å²) in [5, 5.41) is 9.84. The second-order valence-corrected chi connectivity index (χ2v) is 7.84. The van der Waals surface area contributed by atoms with Gasteiger partial charge in [-0.05, 0) is 49.3 Å². The monoisotopic (exact) mass is 331 g/mol. The van der Waals surface area contributed by atoms with Crippen molar-refractivity contribution in [3.8, 4) is 0 Å². The van der Waals surface area contributed by atoms with Gasteiger partial charge in [-0.1, -0.05) is 30.5 Å². The Morgan fingerprint density at radius 1 is 1.29 bits per heavy atom. The molecule has 1 saturated carbocycles. The summed E-state index contributed by atoms with van der Waals surface area (Å²) in [6.45, 7) is 2.20. The van der Waals surface area contributed by atoms with Crippen LogP contribution in [0.1, 0.15) is 31.2 Å². The highest BCUT2D eigenvalue weighted by Gasteiger charge is 2.26. The second kappa shape index (κ2) is 7.09. The van der Waals surface area contributed by atoms with Crippen LogP contribution in [0.15, 0.2) is 23.1 Å². The Bertz CT molecular complexity index is 589. The smallest absolute Gasteiger partial charge is 0.240 e. The van der Waals surface area contributed by atoms with Crippen molar-refractivity contribution in [1.29, 1.82) is 0 Å². The number of benzene rings is 1. The average molecular weight is 332 g/mol. The van der Waals surface area contributed by atoms with Crippen LogP contribution in [-0.4, -0.2) is 26.7 Å². The van der Waals surface area contributed by atoms with E-state index in [1.54, 1.807) is 25.1 Å². The lowest BCUT2D eigenvalue weighted by Crippen LogP contribution is -2.35. The van der Waals surface area contributed by atoms with Crippen LogP contribution in [0.25, 0.3) is 0 Å². The van der Waals surface area contributed by atoms with E-state index in [2.05, 4.69) is 4.72 Å². The molecule has 0 aliphatic heterocycles. The van der Waals surface area contributed by atoms with Gasteiger partial charge in [-0.25, -0.2) is 13.1 Å². The van der Waals surface area contributed by atoms with E-state index in [1.807, 2.05) is 0 Å². The standard InChI is InChI=1S/C15H22ClNO3S/c1-11-14(16)7-4-8-15(11)21(19,20)17-9-12-5-2-3-6-13(12)10-18/h4,7-8,12-13,17-18H,2-3,5-6,9-10H2,1H3. The minimum atomic E-state index is -3.56. The third-order valence-corrected chi connectivity index (χ3v) is 6.32. The van der Waals surface area contributed by atoms with E-state index in [-0.39, 0.29) is 23.3 Å². The van der Waals surface area contributed by atoms with Crippen LogP contribution in [-0.2, 0) is 10.0 Å². The van der Waals surface area contributed by atoms with Gasteiger partial charge in [0, 0.05) is 18.2 Å². The Morgan fingerprint density at radius 3 is 2.62 bits per heavy atom. The summed E-state index contributed by atoms with van der Waals surface area (Å²) in [6, 6.07) is 4.88. The van der Waals surface area contributed by atoms with E-state index in [4.69, 9.17) is 11.6 Å². The molecule has 2 atom stereocenters. The van der Waals surface area contributed by atoms with Crippen LogP contribution in [0.4, 0.5) is 0 Å². The number of sulfonamides is 1. The minimum Gasteiger partial charge on any atom is -0.396 e. The number of hydrogen-bond donors (Lipinski definition) is 2. The molecule has 1 aromatic rings. The molecule has 1 aliphatic carbocycles. The van der Waals surface area contributed by atoms with Gasteiger partial charge in [0.2, 0.25) is 10.0 Å². The molecular weight excluding hydrogens is 310 g/mol. The Morgan fingerprint density at radius 2 is 1.95 bits per heavy atom. The summed E-state index contributed by atoms with van der Waals surface area (Å²) < 4.78 is 27.5. The van der Waals surface area contributed by atoms with Gasteiger partial charge >= 0.3 is 0 Å². The number of hydrogen-bond acceptors (Lipinski definition) is 3. The van der Waals surface area contributed by atoms with Crippen molar-refractivity contribution >= 4 is 21.6 Å². The van der Waals surface area contributed by atoms with Crippen LogP contribution in [0.2, 0.25) is 5.02 Å². The molecule has 1 aromatic carbocycles. The molecule has 0 heterocycles. The molecule has 0 saturated heterocycles. The van der Waals surface area contributed by atoms with E-state index in [1.165, 1.54) is 0 Å². The lowest BCUT2D eigenvalue weighted by Gasteiger charge is -2.30. The number of aliphatic hydroxyl groups is 1. The van der Waals surface area contributed by atoms with Crippen LogP contribution in [0.3, 0.4) is 0 Å². The van der Waals surface area contributed by atoms with Crippen LogP contribution in [0.5, 0.6) is 0 Å². The molecule has 2 unspecified atom stereocenters. The van der Waals surface area contributed by atoms with Crippen LogP contribution < -0.4 is 4.72 Å². The molecule has 0 bridgehead atoms. The number of rotatable bonds is 5. The van der Waals surface area contributed by atoms with Crippen molar-refractivity contribution in [2.24, 2.45) is 11.8 Å². The predicted octanol–water partition coefficient (Wildman–Crippen LogP) is 2.73. The maximum absolute atomic E-state index is 12.4. The predicted molar refractivity (Wildman–Crippen MR) is 83.9 cm³/mol. The van der Waals surface area contributed by atoms with Crippen molar-refractivity contribution in [3.05, 3.63) is 28.8 Å². The zero-order valence-corrected chi connectivity index (χ0v) is 13.8. The van der Waals surface area contributed by atoms with Crippen molar-refractivity contribution in [2.75, 3.05) is 13.2 Å². The van der Waals surface area contributed by atoms with Gasteiger partial charge in [-0.2, -0.15) is 0 Å². The third-order valence-electron chi connectivity index (χ3n) is 4.34. The zero-order valence-electron chi connectivity index (χ0n) is 12.2. The molecule has 2 rings (SSSR count). The van der Waals surface area contributed by atoms with E-state index in [9.17, 15) is 13.5 Å². The van der Waals surface area contributed by atoms with Gasteiger partial charge in [0.25, 0.3) is 0 Å². The molecule has 0 aromatic heterocycles. The fraction of sp³-hybridized carbons (Fsp3) is 0.600. The fourth-order valence-electron chi connectivity index (χ4n) is 2.97. The molecule has 4 nitrogen and oxygen atoms in total. The first-order chi connectivity index (χ1) is 9.95. The molecule has 0 amide bonds. The molecule has 1 fully saturated rings. The molecule has 2 N–H and O–H groups in total. The summed E-state index contributed by atoms with van der Waals surface area (Å²) in [7, 11) is -3.56. The summed E-state index contributed by atoms with van der Waals surface area (Å²) in [6.07, 6.45) is 4.14. The lowest BCUT2D eigenvalue weighted by molar-refractivity contribution is 0.136. The fourth-order valence-corrected chi connectivity index (χ4v) is 4.56. The van der Waals surface area contributed by atoms with Crippen molar-refractivity contribution in [1.82, 2.24) is 4.72 Å². The molecule has 6 heteroatoms. The van der Waals surface area contributed by atoms with Crippen LogP contribution >= 0.6 is 11.6 Å². The van der Waals surface area contributed by atoms with E-state index < -0.39 is 10.0 Å². The number of nitrogens with one attached hydrogen (secondary N) is 1. The zero-order chi connectivity index (χ0) is 15.5. The van der Waals surface area contributed by atoms with Gasteiger partial charge in [0.15, 0.2) is 0 Å². The maximum Gasteiger partial charge on any atom is 0.240 e. The Balaban J connectivity index is 2.09. The average Bonchev–Trinajstić information content (AvgIpc) is 2.48. The van der Waals surface area contributed by atoms with Crippen LogP contribution in [0, 0.1) is 18.8 Å². The van der Waals surface area contributed by atoms with Gasteiger partial charge in [0.05, 0.1) is 4.90 Å². The largest absolute Gasteiger partial charge is 0.396 e. The molecule has 1 aliphatic rings. The third kappa shape index (κ3) is 3.97. The summed E-state index contributed by atoms with van der Waals surface area (Å²) in [5.74, 6) is 0.403. The van der Waals surface area contributed by atoms with Gasteiger partial charge in [-0.15, -0.1) is 0 Å². The quantitative estimate of drug-likeness (QED) is 0.871.